The number of hydrogen-bond donors (Lipinski definition) is 1. The lowest BCUT2D eigenvalue weighted by molar-refractivity contribution is -0.128. The average molecular weight is 265 g/mol. The number of ether oxygens (including phenoxy) is 1. The van der Waals surface area contributed by atoms with Gasteiger partial charge in [0.15, 0.2) is 17.3 Å². The molecule has 1 aliphatic carbocycles. The van der Waals surface area contributed by atoms with Crippen molar-refractivity contribution in [3.05, 3.63) is 29.6 Å². The van der Waals surface area contributed by atoms with Crippen molar-refractivity contribution < 1.29 is 13.9 Å². The van der Waals surface area contributed by atoms with Gasteiger partial charge in [-0.25, -0.2) is 4.39 Å². The summed E-state index contributed by atoms with van der Waals surface area (Å²) in [5, 5.41) is 3.21. The number of Topliss-reactive ketones (excluding diaryl/α,β-unsaturated/α-hetero) is 1. The van der Waals surface area contributed by atoms with E-state index in [0.29, 0.717) is 24.9 Å². The van der Waals surface area contributed by atoms with Crippen LogP contribution in [0.15, 0.2) is 18.2 Å². The Labute approximate surface area is 113 Å². The van der Waals surface area contributed by atoms with Crippen LogP contribution in [0, 0.1) is 5.82 Å². The van der Waals surface area contributed by atoms with E-state index in [2.05, 4.69) is 5.32 Å². The van der Waals surface area contributed by atoms with Crippen LogP contribution >= 0.6 is 0 Å². The molecule has 1 aliphatic rings. The Balaban J connectivity index is 2.52. The predicted octanol–water partition coefficient (Wildman–Crippen LogP) is 2.78. The highest BCUT2D eigenvalue weighted by atomic mass is 19.1. The SMILES string of the molecule is CCN[C@@]1(c2cccc(OC)c2F)CCCCC1=O. The van der Waals surface area contributed by atoms with Gasteiger partial charge in [-0.1, -0.05) is 25.5 Å². The zero-order chi connectivity index (χ0) is 13.9. The molecule has 0 heterocycles. The standard InChI is InChI=1S/C15H20FNO2/c1-3-17-15(10-5-4-9-13(15)18)11-7-6-8-12(19-2)14(11)16/h6-8,17H,3-5,9-10H2,1-2H3/t15-/m1/s1. The highest BCUT2D eigenvalue weighted by molar-refractivity contribution is 5.90. The number of benzene rings is 1. The van der Waals surface area contributed by atoms with E-state index < -0.39 is 11.4 Å². The van der Waals surface area contributed by atoms with Crippen LogP contribution < -0.4 is 10.1 Å². The van der Waals surface area contributed by atoms with Crippen LogP contribution in [0.4, 0.5) is 4.39 Å². The molecule has 0 saturated heterocycles. The van der Waals surface area contributed by atoms with E-state index in [1.54, 1.807) is 18.2 Å². The molecule has 1 aromatic rings. The minimum atomic E-state index is -0.883. The normalized spacial score (nSPS) is 23.4. The van der Waals surface area contributed by atoms with E-state index >= 15 is 0 Å². The molecule has 0 amide bonds. The van der Waals surface area contributed by atoms with Gasteiger partial charge in [-0.2, -0.15) is 0 Å². The van der Waals surface area contributed by atoms with E-state index in [1.807, 2.05) is 6.92 Å². The largest absolute Gasteiger partial charge is 0.494 e. The van der Waals surface area contributed by atoms with Gasteiger partial charge in [0.1, 0.15) is 5.54 Å². The number of halogens is 1. The molecule has 4 heteroatoms. The van der Waals surface area contributed by atoms with Crippen molar-refractivity contribution in [1.82, 2.24) is 5.32 Å². The third-order valence-corrected chi connectivity index (χ3v) is 3.80. The number of carbonyl (C=O) groups excluding carboxylic acids is 1. The van der Waals surface area contributed by atoms with Crippen molar-refractivity contribution in [2.45, 2.75) is 38.1 Å². The molecule has 19 heavy (non-hydrogen) atoms. The first-order chi connectivity index (χ1) is 9.15. The number of carbonyl (C=O) groups is 1. The molecule has 0 aliphatic heterocycles. The summed E-state index contributed by atoms with van der Waals surface area (Å²) in [6.07, 6.45) is 2.96. The monoisotopic (exact) mass is 265 g/mol. The van der Waals surface area contributed by atoms with Crippen molar-refractivity contribution in [1.29, 1.82) is 0 Å². The van der Waals surface area contributed by atoms with Gasteiger partial charge in [-0.3, -0.25) is 4.79 Å². The van der Waals surface area contributed by atoms with Crippen LogP contribution in [0.1, 0.15) is 38.2 Å². The molecule has 0 unspecified atom stereocenters. The molecule has 0 spiro atoms. The Morgan fingerprint density at radius 1 is 1.42 bits per heavy atom. The summed E-state index contributed by atoms with van der Waals surface area (Å²) in [5.41, 5.74) is -0.468. The van der Waals surface area contributed by atoms with Crippen LogP contribution in [-0.2, 0) is 10.3 Å². The second-order valence-corrected chi connectivity index (χ2v) is 4.89. The van der Waals surface area contributed by atoms with E-state index in [9.17, 15) is 9.18 Å². The third kappa shape index (κ3) is 2.37. The fourth-order valence-corrected chi connectivity index (χ4v) is 2.90. The second-order valence-electron chi connectivity index (χ2n) is 4.89. The van der Waals surface area contributed by atoms with Gasteiger partial charge in [0.2, 0.25) is 0 Å². The lowest BCUT2D eigenvalue weighted by Crippen LogP contribution is -2.51. The molecule has 104 valence electrons. The predicted molar refractivity (Wildman–Crippen MR) is 71.8 cm³/mol. The lowest BCUT2D eigenvalue weighted by atomic mass is 9.75. The zero-order valence-electron chi connectivity index (χ0n) is 11.5. The van der Waals surface area contributed by atoms with E-state index in [-0.39, 0.29) is 11.5 Å². The molecule has 0 bridgehead atoms. The number of nitrogens with one attached hydrogen (secondary N) is 1. The highest BCUT2D eigenvalue weighted by Gasteiger charge is 2.42. The first kappa shape index (κ1) is 14.0. The average Bonchev–Trinajstić information content (AvgIpc) is 2.42. The van der Waals surface area contributed by atoms with Crippen molar-refractivity contribution in [3.8, 4) is 5.75 Å². The number of likely N-dealkylation sites (N-methyl/N-ethyl adjacent to an activating group) is 1. The molecular formula is C15H20FNO2. The molecule has 2 rings (SSSR count). The summed E-state index contributed by atoms with van der Waals surface area (Å²) in [5.74, 6) is -0.165. The minimum Gasteiger partial charge on any atom is -0.494 e. The molecular weight excluding hydrogens is 245 g/mol. The smallest absolute Gasteiger partial charge is 0.170 e. The maximum absolute atomic E-state index is 14.5. The first-order valence-corrected chi connectivity index (χ1v) is 6.77. The van der Waals surface area contributed by atoms with Crippen LogP contribution in [-0.4, -0.2) is 19.4 Å². The Morgan fingerprint density at radius 2 is 2.21 bits per heavy atom. The topological polar surface area (TPSA) is 38.3 Å². The molecule has 0 aromatic heterocycles. The van der Waals surface area contributed by atoms with Gasteiger partial charge in [-0.05, 0) is 25.5 Å². The molecule has 0 radical (unpaired) electrons. The van der Waals surface area contributed by atoms with E-state index in [1.165, 1.54) is 7.11 Å². The number of rotatable bonds is 4. The van der Waals surface area contributed by atoms with Crippen LogP contribution in [0.2, 0.25) is 0 Å². The zero-order valence-corrected chi connectivity index (χ0v) is 11.5. The van der Waals surface area contributed by atoms with Crippen molar-refractivity contribution in [3.63, 3.8) is 0 Å². The molecule has 3 nitrogen and oxygen atoms in total. The lowest BCUT2D eigenvalue weighted by Gasteiger charge is -2.37. The minimum absolute atomic E-state index is 0.0766. The summed E-state index contributed by atoms with van der Waals surface area (Å²) in [6, 6.07) is 4.99. The van der Waals surface area contributed by atoms with Crippen molar-refractivity contribution in [2.75, 3.05) is 13.7 Å². The van der Waals surface area contributed by atoms with Gasteiger partial charge in [0.05, 0.1) is 7.11 Å². The van der Waals surface area contributed by atoms with Gasteiger partial charge in [-0.15, -0.1) is 0 Å². The fraction of sp³-hybridized carbons (Fsp3) is 0.533. The van der Waals surface area contributed by atoms with Crippen LogP contribution in [0.5, 0.6) is 5.75 Å². The van der Waals surface area contributed by atoms with Crippen LogP contribution in [0.25, 0.3) is 0 Å². The van der Waals surface area contributed by atoms with Gasteiger partial charge < -0.3 is 10.1 Å². The maximum Gasteiger partial charge on any atom is 0.170 e. The maximum atomic E-state index is 14.5. The Hall–Kier alpha value is -1.42. The molecule has 1 aromatic carbocycles. The molecule has 1 atom stereocenters. The van der Waals surface area contributed by atoms with Crippen molar-refractivity contribution >= 4 is 5.78 Å². The molecule has 1 fully saturated rings. The highest BCUT2D eigenvalue weighted by Crippen LogP contribution is 2.37. The quantitative estimate of drug-likeness (QED) is 0.909. The Kier molecular flexibility index (Phi) is 4.20. The molecule has 1 saturated carbocycles. The first-order valence-electron chi connectivity index (χ1n) is 6.77. The van der Waals surface area contributed by atoms with E-state index in [4.69, 9.17) is 4.74 Å². The van der Waals surface area contributed by atoms with Crippen LogP contribution in [0.3, 0.4) is 0 Å². The fourth-order valence-electron chi connectivity index (χ4n) is 2.90. The Morgan fingerprint density at radius 3 is 2.84 bits per heavy atom. The summed E-state index contributed by atoms with van der Waals surface area (Å²) in [7, 11) is 1.44. The summed E-state index contributed by atoms with van der Waals surface area (Å²) < 4.78 is 19.5. The summed E-state index contributed by atoms with van der Waals surface area (Å²) in [4.78, 5) is 12.4. The molecule has 1 N–H and O–H groups in total. The van der Waals surface area contributed by atoms with Gasteiger partial charge in [0.25, 0.3) is 0 Å². The number of methoxy groups -OCH3 is 1. The number of ketones is 1. The number of hydrogen-bond acceptors (Lipinski definition) is 3. The second kappa shape index (κ2) is 5.70. The van der Waals surface area contributed by atoms with Gasteiger partial charge >= 0.3 is 0 Å². The summed E-state index contributed by atoms with van der Waals surface area (Å²) in [6.45, 7) is 2.56. The van der Waals surface area contributed by atoms with Gasteiger partial charge in [0, 0.05) is 12.0 Å². The Bertz CT molecular complexity index is 471. The van der Waals surface area contributed by atoms with Crippen molar-refractivity contribution in [2.24, 2.45) is 0 Å². The van der Waals surface area contributed by atoms with E-state index in [0.717, 1.165) is 12.8 Å². The summed E-state index contributed by atoms with van der Waals surface area (Å²) >= 11 is 0. The third-order valence-electron chi connectivity index (χ3n) is 3.80.